The first-order valence-corrected chi connectivity index (χ1v) is 7.95. The first-order valence-electron chi connectivity index (χ1n) is 7.95. The molecule has 3 heterocycles. The van der Waals surface area contributed by atoms with Crippen molar-refractivity contribution in [1.29, 1.82) is 0 Å². The molecule has 6 heteroatoms. The topological polar surface area (TPSA) is 75.7 Å². The lowest BCUT2D eigenvalue weighted by Gasteiger charge is -2.37. The van der Waals surface area contributed by atoms with Crippen molar-refractivity contribution < 1.29 is 4.74 Å². The molecule has 118 valence electrons. The highest BCUT2D eigenvalue weighted by Gasteiger charge is 2.38. The Morgan fingerprint density at radius 1 is 1.13 bits per heavy atom. The number of fused-ring (bicyclic) bond motifs is 1. The van der Waals surface area contributed by atoms with Gasteiger partial charge in [0, 0.05) is 13.2 Å². The Kier molecular flexibility index (Phi) is 3.77. The predicted octanol–water partition coefficient (Wildman–Crippen LogP) is 2.50. The lowest BCUT2D eigenvalue weighted by Crippen LogP contribution is -2.47. The molecule has 6 nitrogen and oxygen atoms in total. The molecule has 1 aliphatic heterocycles. The van der Waals surface area contributed by atoms with Gasteiger partial charge in [-0.2, -0.15) is 0 Å². The molecule has 0 aliphatic carbocycles. The second-order valence-electron chi connectivity index (χ2n) is 5.80. The van der Waals surface area contributed by atoms with E-state index in [0.717, 1.165) is 43.6 Å². The van der Waals surface area contributed by atoms with E-state index in [2.05, 4.69) is 37.4 Å². The van der Waals surface area contributed by atoms with Gasteiger partial charge in [0.2, 0.25) is 0 Å². The van der Waals surface area contributed by atoms with E-state index in [-0.39, 0.29) is 0 Å². The molecular formula is C17H19N5O. The normalized spacial score (nSPS) is 21.6. The number of benzene rings is 1. The van der Waals surface area contributed by atoms with Crippen LogP contribution in [0.3, 0.4) is 0 Å². The van der Waals surface area contributed by atoms with Gasteiger partial charge in [0.1, 0.15) is 17.5 Å². The first-order chi connectivity index (χ1) is 11.4. The van der Waals surface area contributed by atoms with E-state index in [9.17, 15) is 0 Å². The Morgan fingerprint density at radius 2 is 2.04 bits per heavy atom. The van der Waals surface area contributed by atoms with Gasteiger partial charge in [-0.25, -0.2) is 15.0 Å². The molecule has 2 aromatic heterocycles. The van der Waals surface area contributed by atoms with Crippen molar-refractivity contribution >= 4 is 11.2 Å². The van der Waals surface area contributed by atoms with Crippen LogP contribution in [-0.4, -0.2) is 26.5 Å². The summed E-state index contributed by atoms with van der Waals surface area (Å²) in [6, 6.07) is 10.3. The summed E-state index contributed by atoms with van der Waals surface area (Å²) in [6.07, 6.45) is 6.26. The summed E-state index contributed by atoms with van der Waals surface area (Å²) < 4.78 is 6.20. The second-order valence-corrected chi connectivity index (χ2v) is 5.80. The smallest absolute Gasteiger partial charge is 0.180 e. The maximum Gasteiger partial charge on any atom is 0.180 e. The Labute approximate surface area is 134 Å². The predicted molar refractivity (Wildman–Crippen MR) is 86.4 cm³/mol. The van der Waals surface area contributed by atoms with Crippen molar-refractivity contribution in [2.45, 2.75) is 31.5 Å². The summed E-state index contributed by atoms with van der Waals surface area (Å²) >= 11 is 0. The van der Waals surface area contributed by atoms with Gasteiger partial charge >= 0.3 is 0 Å². The van der Waals surface area contributed by atoms with Crippen LogP contribution in [0.15, 0.2) is 43.0 Å². The molecule has 1 unspecified atom stereocenters. The van der Waals surface area contributed by atoms with E-state index < -0.39 is 5.72 Å². The number of nitrogens with zero attached hydrogens (tertiary/aromatic N) is 3. The fourth-order valence-electron chi connectivity index (χ4n) is 3.12. The zero-order chi connectivity index (χ0) is 15.5. The number of rotatable bonds is 4. The largest absolute Gasteiger partial charge is 0.355 e. The third kappa shape index (κ3) is 2.71. The molecule has 4 rings (SSSR count). The van der Waals surface area contributed by atoms with Gasteiger partial charge in [0.25, 0.3) is 0 Å². The molecule has 1 atom stereocenters. The van der Waals surface area contributed by atoms with Crippen LogP contribution >= 0.6 is 0 Å². The summed E-state index contributed by atoms with van der Waals surface area (Å²) in [6.45, 7) is 1.45. The average molecular weight is 309 g/mol. The fraction of sp³-hybridized carbons (Fsp3) is 0.353. The van der Waals surface area contributed by atoms with E-state index in [4.69, 9.17) is 4.74 Å². The number of hydrogen-bond donors (Lipinski definition) is 2. The Hall–Kier alpha value is -2.31. The molecule has 2 N–H and O–H groups in total. The van der Waals surface area contributed by atoms with Gasteiger partial charge in [-0.3, -0.25) is 5.32 Å². The molecule has 0 radical (unpaired) electrons. The van der Waals surface area contributed by atoms with E-state index in [0.29, 0.717) is 5.65 Å². The van der Waals surface area contributed by atoms with E-state index in [1.165, 1.54) is 5.56 Å². The summed E-state index contributed by atoms with van der Waals surface area (Å²) in [5.41, 5.74) is 2.98. The lowest BCUT2D eigenvalue weighted by molar-refractivity contribution is -0.111. The van der Waals surface area contributed by atoms with Gasteiger partial charge in [-0.1, -0.05) is 30.3 Å². The van der Waals surface area contributed by atoms with Crippen LogP contribution in [0.4, 0.5) is 0 Å². The molecule has 1 saturated heterocycles. The van der Waals surface area contributed by atoms with Gasteiger partial charge in [-0.05, 0) is 24.8 Å². The van der Waals surface area contributed by atoms with E-state index in [1.807, 2.05) is 18.2 Å². The number of ether oxygens (including phenoxy) is 1. The van der Waals surface area contributed by atoms with Crippen molar-refractivity contribution in [3.05, 3.63) is 54.2 Å². The van der Waals surface area contributed by atoms with E-state index in [1.54, 1.807) is 12.7 Å². The van der Waals surface area contributed by atoms with Crippen LogP contribution in [0.5, 0.6) is 0 Å². The molecule has 23 heavy (non-hydrogen) atoms. The second kappa shape index (κ2) is 6.06. The van der Waals surface area contributed by atoms with Crippen molar-refractivity contribution in [2.75, 3.05) is 6.61 Å². The Balaban J connectivity index is 1.70. The third-order valence-corrected chi connectivity index (χ3v) is 4.30. The Morgan fingerprint density at radius 3 is 2.87 bits per heavy atom. The zero-order valence-electron chi connectivity index (χ0n) is 12.8. The number of aromatic nitrogens is 4. The minimum atomic E-state index is -0.595. The average Bonchev–Trinajstić information content (AvgIpc) is 3.10. The van der Waals surface area contributed by atoms with Crippen LogP contribution < -0.4 is 5.32 Å². The van der Waals surface area contributed by atoms with Crippen LogP contribution in [0.2, 0.25) is 0 Å². The monoisotopic (exact) mass is 309 g/mol. The highest BCUT2D eigenvalue weighted by atomic mass is 16.5. The summed E-state index contributed by atoms with van der Waals surface area (Å²) in [5.74, 6) is 0. The van der Waals surface area contributed by atoms with Crippen LogP contribution in [0, 0.1) is 0 Å². The molecule has 0 amide bonds. The van der Waals surface area contributed by atoms with Crippen LogP contribution in [-0.2, 0) is 17.0 Å². The van der Waals surface area contributed by atoms with Crippen LogP contribution in [0.25, 0.3) is 11.2 Å². The molecule has 0 spiro atoms. The molecule has 3 aromatic rings. The molecule has 1 aliphatic rings. The zero-order valence-corrected chi connectivity index (χ0v) is 12.8. The third-order valence-electron chi connectivity index (χ3n) is 4.30. The number of nitrogens with one attached hydrogen (secondary N) is 2. The Bertz CT molecular complexity index is 780. The van der Waals surface area contributed by atoms with Gasteiger partial charge < -0.3 is 9.72 Å². The standard InChI is InChI=1S/C17H19N5O/c1-2-6-13(7-3-1)10-22-17(8-4-5-9-23-17)15-14-16(20-11-18-14)21-12-19-15/h1-3,6-7,11-12,22H,4-5,8-10H2,(H,18,19,20,21). The van der Waals surface area contributed by atoms with Crippen molar-refractivity contribution in [3.63, 3.8) is 0 Å². The summed E-state index contributed by atoms with van der Waals surface area (Å²) in [7, 11) is 0. The molecule has 0 saturated carbocycles. The van der Waals surface area contributed by atoms with Crippen molar-refractivity contribution in [3.8, 4) is 0 Å². The molecule has 1 fully saturated rings. The number of H-pyrrole nitrogens is 1. The minimum Gasteiger partial charge on any atom is -0.355 e. The number of imidazole rings is 1. The SMILES string of the molecule is c1ccc(CNC2(c3ncnc4nc[nH]c34)CCCCO2)cc1. The van der Waals surface area contributed by atoms with Gasteiger partial charge in [0.05, 0.1) is 6.33 Å². The van der Waals surface area contributed by atoms with Crippen molar-refractivity contribution in [1.82, 2.24) is 25.3 Å². The molecule has 0 bridgehead atoms. The highest BCUT2D eigenvalue weighted by Crippen LogP contribution is 2.34. The van der Waals surface area contributed by atoms with Gasteiger partial charge in [-0.15, -0.1) is 0 Å². The fourth-order valence-corrected chi connectivity index (χ4v) is 3.12. The van der Waals surface area contributed by atoms with Crippen molar-refractivity contribution in [2.24, 2.45) is 0 Å². The number of hydrogen-bond acceptors (Lipinski definition) is 5. The maximum absolute atomic E-state index is 6.20. The van der Waals surface area contributed by atoms with Gasteiger partial charge in [0.15, 0.2) is 11.4 Å². The summed E-state index contributed by atoms with van der Waals surface area (Å²) in [4.78, 5) is 16.1. The maximum atomic E-state index is 6.20. The summed E-state index contributed by atoms with van der Waals surface area (Å²) in [5, 5.41) is 3.59. The number of aromatic amines is 1. The van der Waals surface area contributed by atoms with Crippen LogP contribution in [0.1, 0.15) is 30.5 Å². The highest BCUT2D eigenvalue weighted by molar-refractivity contribution is 5.73. The van der Waals surface area contributed by atoms with E-state index >= 15 is 0 Å². The molecule has 1 aromatic carbocycles. The molecular weight excluding hydrogens is 290 g/mol. The lowest BCUT2D eigenvalue weighted by atomic mass is 9.97. The minimum absolute atomic E-state index is 0.595. The first kappa shape index (κ1) is 14.3. The quantitative estimate of drug-likeness (QED) is 0.774.